The van der Waals surface area contributed by atoms with Crippen LogP contribution in [-0.4, -0.2) is 20.5 Å². The first-order chi connectivity index (χ1) is 8.51. The molecule has 0 aromatic carbocycles. The predicted molar refractivity (Wildman–Crippen MR) is 72.4 cm³/mol. The van der Waals surface area contributed by atoms with Crippen molar-refractivity contribution in [3.05, 3.63) is 28.0 Å². The number of hydrogen-bond acceptors (Lipinski definition) is 3. The molecule has 1 heterocycles. The van der Waals surface area contributed by atoms with Crippen molar-refractivity contribution in [3.63, 3.8) is 0 Å². The zero-order valence-corrected chi connectivity index (χ0v) is 12.9. The molecule has 0 amide bonds. The summed E-state index contributed by atoms with van der Waals surface area (Å²) in [6.07, 6.45) is -2.32. The fourth-order valence-corrected chi connectivity index (χ4v) is 1.82. The molecule has 1 unspecified atom stereocenters. The molecule has 3 nitrogen and oxygen atoms in total. The van der Waals surface area contributed by atoms with Crippen LogP contribution in [0, 0.1) is 0 Å². The number of aromatic nitrogens is 1. The standard InChI is InChI=1S/C11H12BrF3N2OS/c1-10(2,3)19(18)17-5-7-4-9(11(13,14)15)16-6-8(7)12/h4-6H,1-3H3/b17-5-. The first kappa shape index (κ1) is 16.5. The maximum atomic E-state index is 12.5. The van der Waals surface area contributed by atoms with Crippen molar-refractivity contribution >= 4 is 33.5 Å². The first-order valence-electron chi connectivity index (χ1n) is 5.20. The molecule has 1 rings (SSSR count). The fourth-order valence-electron chi connectivity index (χ4n) is 0.971. The van der Waals surface area contributed by atoms with Gasteiger partial charge in [0.25, 0.3) is 0 Å². The van der Waals surface area contributed by atoms with Gasteiger partial charge in [-0.3, -0.25) is 4.98 Å². The van der Waals surface area contributed by atoms with Crippen molar-refractivity contribution in [2.24, 2.45) is 4.40 Å². The molecule has 0 aliphatic carbocycles. The van der Waals surface area contributed by atoms with Crippen LogP contribution >= 0.6 is 15.9 Å². The van der Waals surface area contributed by atoms with Gasteiger partial charge >= 0.3 is 6.18 Å². The number of nitrogens with zero attached hydrogens (tertiary/aromatic N) is 2. The largest absolute Gasteiger partial charge is 0.591 e. The van der Waals surface area contributed by atoms with Crippen LogP contribution in [0.25, 0.3) is 0 Å². The summed E-state index contributed by atoms with van der Waals surface area (Å²) in [6.45, 7) is 5.18. The van der Waals surface area contributed by atoms with E-state index in [0.29, 0.717) is 4.47 Å². The average molecular weight is 357 g/mol. The SMILES string of the molecule is CC(C)(C)[S+]([O-])/N=C\c1cc(C(F)(F)F)ncc1Br. The van der Waals surface area contributed by atoms with Gasteiger partial charge in [0.15, 0.2) is 0 Å². The van der Waals surface area contributed by atoms with Crippen molar-refractivity contribution in [1.82, 2.24) is 4.98 Å². The van der Waals surface area contributed by atoms with E-state index in [4.69, 9.17) is 0 Å². The fraction of sp³-hybridized carbons (Fsp3) is 0.455. The zero-order valence-electron chi connectivity index (χ0n) is 10.5. The predicted octanol–water partition coefficient (Wildman–Crippen LogP) is 3.74. The summed E-state index contributed by atoms with van der Waals surface area (Å²) in [7, 11) is 0. The monoisotopic (exact) mass is 356 g/mol. The number of pyridine rings is 1. The summed E-state index contributed by atoms with van der Waals surface area (Å²) in [5.74, 6) is 0. The number of halogens is 4. The van der Waals surface area contributed by atoms with Gasteiger partial charge in [0, 0.05) is 16.2 Å². The molecule has 106 valence electrons. The lowest BCUT2D eigenvalue weighted by molar-refractivity contribution is -0.141. The van der Waals surface area contributed by atoms with E-state index in [0.717, 1.165) is 18.5 Å². The van der Waals surface area contributed by atoms with Gasteiger partial charge < -0.3 is 4.55 Å². The molecule has 1 aromatic heterocycles. The molecule has 19 heavy (non-hydrogen) atoms. The van der Waals surface area contributed by atoms with E-state index in [1.807, 2.05) is 0 Å². The number of hydrogen-bond donors (Lipinski definition) is 0. The third-order valence-electron chi connectivity index (χ3n) is 1.99. The van der Waals surface area contributed by atoms with Crippen LogP contribution in [0.2, 0.25) is 0 Å². The summed E-state index contributed by atoms with van der Waals surface area (Å²) in [5, 5.41) is 0. The average Bonchev–Trinajstić information content (AvgIpc) is 2.24. The molecule has 0 fully saturated rings. The summed E-state index contributed by atoms with van der Waals surface area (Å²) in [6, 6.07) is 0.855. The van der Waals surface area contributed by atoms with E-state index in [-0.39, 0.29) is 5.56 Å². The van der Waals surface area contributed by atoms with Crippen LogP contribution in [0.15, 0.2) is 21.1 Å². The Labute approximate surface area is 120 Å². The lowest BCUT2D eigenvalue weighted by Crippen LogP contribution is -2.25. The minimum Gasteiger partial charge on any atom is -0.591 e. The molecule has 1 atom stereocenters. The summed E-state index contributed by atoms with van der Waals surface area (Å²) in [5.41, 5.74) is -0.835. The summed E-state index contributed by atoms with van der Waals surface area (Å²) in [4.78, 5) is 3.28. The van der Waals surface area contributed by atoms with E-state index in [1.165, 1.54) is 0 Å². The van der Waals surface area contributed by atoms with E-state index >= 15 is 0 Å². The van der Waals surface area contributed by atoms with Gasteiger partial charge in [-0.05, 0) is 42.8 Å². The summed E-state index contributed by atoms with van der Waals surface area (Å²) >= 11 is 1.55. The molecular weight excluding hydrogens is 345 g/mol. The van der Waals surface area contributed by atoms with Crippen LogP contribution in [0.5, 0.6) is 0 Å². The third kappa shape index (κ3) is 4.77. The molecule has 0 N–H and O–H groups in total. The van der Waals surface area contributed by atoms with Gasteiger partial charge in [-0.2, -0.15) is 13.2 Å². The van der Waals surface area contributed by atoms with Crippen molar-refractivity contribution in [2.45, 2.75) is 31.7 Å². The lowest BCUT2D eigenvalue weighted by atomic mass is 10.2. The maximum absolute atomic E-state index is 12.5. The Bertz CT molecular complexity index is 486. The number of alkyl halides is 3. The molecule has 0 aliphatic heterocycles. The molecule has 0 aliphatic rings. The van der Waals surface area contributed by atoms with Crippen LogP contribution in [-0.2, 0) is 17.5 Å². The van der Waals surface area contributed by atoms with Gasteiger partial charge in [0.05, 0.1) is 6.21 Å². The molecule has 0 bridgehead atoms. The molecular formula is C11H12BrF3N2OS. The van der Waals surface area contributed by atoms with Gasteiger partial charge in [-0.15, -0.1) is 0 Å². The Morgan fingerprint density at radius 2 is 1.95 bits per heavy atom. The normalized spacial score (nSPS) is 14.9. The highest BCUT2D eigenvalue weighted by Crippen LogP contribution is 2.29. The highest BCUT2D eigenvalue weighted by Gasteiger charge is 2.33. The Hall–Kier alpha value is -0.600. The Morgan fingerprint density at radius 1 is 1.37 bits per heavy atom. The summed E-state index contributed by atoms with van der Waals surface area (Å²) < 4.78 is 52.8. The number of rotatable bonds is 2. The van der Waals surface area contributed by atoms with Crippen molar-refractivity contribution < 1.29 is 17.7 Å². The van der Waals surface area contributed by atoms with E-state index in [1.54, 1.807) is 20.8 Å². The smallest absolute Gasteiger partial charge is 0.433 e. The first-order valence-corrected chi connectivity index (χ1v) is 7.10. The van der Waals surface area contributed by atoms with Crippen molar-refractivity contribution in [2.75, 3.05) is 0 Å². The van der Waals surface area contributed by atoms with Crippen molar-refractivity contribution in [3.8, 4) is 0 Å². The van der Waals surface area contributed by atoms with E-state index < -0.39 is 28.0 Å². The van der Waals surface area contributed by atoms with Crippen LogP contribution in [0.3, 0.4) is 0 Å². The highest BCUT2D eigenvalue weighted by molar-refractivity contribution is 9.10. The molecule has 0 saturated heterocycles. The van der Waals surface area contributed by atoms with Gasteiger partial charge in [0.1, 0.15) is 21.8 Å². The van der Waals surface area contributed by atoms with Gasteiger partial charge in [-0.1, -0.05) is 4.40 Å². The Balaban J connectivity index is 3.05. The second-order valence-corrected chi connectivity index (χ2v) is 7.47. The van der Waals surface area contributed by atoms with E-state index in [9.17, 15) is 17.7 Å². The molecule has 1 aromatic rings. The maximum Gasteiger partial charge on any atom is 0.433 e. The zero-order chi connectivity index (χ0) is 14.8. The van der Waals surface area contributed by atoms with Gasteiger partial charge in [0.2, 0.25) is 0 Å². The third-order valence-corrected chi connectivity index (χ3v) is 3.99. The van der Waals surface area contributed by atoms with E-state index in [2.05, 4.69) is 25.3 Å². The highest BCUT2D eigenvalue weighted by atomic mass is 79.9. The molecule has 0 spiro atoms. The van der Waals surface area contributed by atoms with Crippen LogP contribution in [0.1, 0.15) is 32.0 Å². The quantitative estimate of drug-likeness (QED) is 0.598. The van der Waals surface area contributed by atoms with Crippen LogP contribution in [0.4, 0.5) is 13.2 Å². The lowest BCUT2D eigenvalue weighted by Gasteiger charge is -2.17. The van der Waals surface area contributed by atoms with Crippen LogP contribution < -0.4 is 0 Å². The second kappa shape index (κ2) is 5.80. The van der Waals surface area contributed by atoms with Gasteiger partial charge in [-0.25, -0.2) is 0 Å². The Kier molecular flexibility index (Phi) is 5.02. The molecule has 8 heteroatoms. The minimum atomic E-state index is -4.52. The molecule has 0 saturated carbocycles. The topological polar surface area (TPSA) is 48.3 Å². The minimum absolute atomic E-state index is 0.180. The Morgan fingerprint density at radius 3 is 2.42 bits per heavy atom. The molecule has 0 radical (unpaired) electrons. The van der Waals surface area contributed by atoms with Crippen molar-refractivity contribution in [1.29, 1.82) is 0 Å². The second-order valence-electron chi connectivity index (χ2n) is 4.68.